The quantitative estimate of drug-likeness (QED) is 0.816. The molecule has 0 aliphatic heterocycles. The van der Waals surface area contributed by atoms with E-state index >= 15 is 0 Å². The summed E-state index contributed by atoms with van der Waals surface area (Å²) in [5.74, 6) is 0.489. The summed E-state index contributed by atoms with van der Waals surface area (Å²) in [6.07, 6.45) is 0.205. The van der Waals surface area contributed by atoms with Crippen LogP contribution in [0.5, 0.6) is 0 Å². The highest BCUT2D eigenvalue weighted by atomic mass is 16.5. The Hall–Kier alpha value is -0.860. The molecule has 0 fully saturated rings. The van der Waals surface area contributed by atoms with Crippen molar-refractivity contribution in [1.82, 2.24) is 5.32 Å². The fourth-order valence-electron chi connectivity index (χ4n) is 2.35. The maximum absolute atomic E-state index is 5.67. The summed E-state index contributed by atoms with van der Waals surface area (Å²) in [6, 6.07) is 8.80. The Balaban J connectivity index is 3.03. The summed E-state index contributed by atoms with van der Waals surface area (Å²) in [7, 11) is 1.80. The van der Waals surface area contributed by atoms with Crippen LogP contribution in [0.25, 0.3) is 0 Å². The fourth-order valence-corrected chi connectivity index (χ4v) is 2.35. The van der Waals surface area contributed by atoms with Crippen molar-refractivity contribution in [3.05, 3.63) is 35.4 Å². The largest absolute Gasteiger partial charge is 0.379 e. The summed E-state index contributed by atoms with van der Waals surface area (Å²) < 4.78 is 5.67. The van der Waals surface area contributed by atoms with Crippen LogP contribution in [0.1, 0.15) is 37.9 Å². The van der Waals surface area contributed by atoms with Crippen LogP contribution in [0.15, 0.2) is 24.3 Å². The van der Waals surface area contributed by atoms with Gasteiger partial charge in [-0.2, -0.15) is 0 Å². The first-order chi connectivity index (χ1) is 8.11. The van der Waals surface area contributed by atoms with Crippen LogP contribution < -0.4 is 5.32 Å². The third-order valence-electron chi connectivity index (χ3n) is 3.21. The molecule has 0 radical (unpaired) electrons. The second kappa shape index (κ2) is 6.77. The molecule has 0 saturated carbocycles. The van der Waals surface area contributed by atoms with Crippen LogP contribution in [0.2, 0.25) is 0 Å². The maximum Gasteiger partial charge on any atom is 0.0788 e. The highest BCUT2D eigenvalue weighted by molar-refractivity contribution is 5.29. The first kappa shape index (κ1) is 14.2. The fraction of sp³-hybridized carbons (Fsp3) is 0.600. The molecule has 0 aromatic heterocycles. The molecular formula is C15H25NO. The minimum Gasteiger partial charge on any atom is -0.379 e. The molecule has 2 unspecified atom stereocenters. The molecule has 17 heavy (non-hydrogen) atoms. The van der Waals surface area contributed by atoms with E-state index in [0.29, 0.717) is 5.92 Å². The predicted molar refractivity (Wildman–Crippen MR) is 73.2 cm³/mol. The SMILES string of the molecule is CCNC(c1ccccc1C)C(OC)C(C)C. The number of hydrogen-bond donors (Lipinski definition) is 1. The second-order valence-electron chi connectivity index (χ2n) is 4.84. The first-order valence-corrected chi connectivity index (χ1v) is 6.43. The summed E-state index contributed by atoms with van der Waals surface area (Å²) in [4.78, 5) is 0. The van der Waals surface area contributed by atoms with Crippen LogP contribution in [0.4, 0.5) is 0 Å². The Bertz CT molecular complexity index is 335. The van der Waals surface area contributed by atoms with Gasteiger partial charge < -0.3 is 10.1 Å². The number of methoxy groups -OCH3 is 1. The van der Waals surface area contributed by atoms with E-state index in [1.54, 1.807) is 7.11 Å². The molecule has 0 amide bonds. The average molecular weight is 235 g/mol. The van der Waals surface area contributed by atoms with Crippen molar-refractivity contribution in [2.24, 2.45) is 5.92 Å². The summed E-state index contributed by atoms with van der Waals surface area (Å²) >= 11 is 0. The Morgan fingerprint density at radius 3 is 2.35 bits per heavy atom. The Morgan fingerprint density at radius 2 is 1.88 bits per heavy atom. The molecule has 1 N–H and O–H groups in total. The normalized spacial score (nSPS) is 14.9. The van der Waals surface area contributed by atoms with Gasteiger partial charge in [-0.05, 0) is 30.5 Å². The first-order valence-electron chi connectivity index (χ1n) is 6.43. The summed E-state index contributed by atoms with van der Waals surface area (Å²) in [5, 5.41) is 3.55. The highest BCUT2D eigenvalue weighted by Crippen LogP contribution is 2.26. The molecule has 0 aliphatic carbocycles. The van der Waals surface area contributed by atoms with Gasteiger partial charge in [-0.15, -0.1) is 0 Å². The molecule has 0 bridgehead atoms. The van der Waals surface area contributed by atoms with Gasteiger partial charge in [-0.25, -0.2) is 0 Å². The Kier molecular flexibility index (Phi) is 5.66. The van der Waals surface area contributed by atoms with Gasteiger partial charge in [0, 0.05) is 7.11 Å². The van der Waals surface area contributed by atoms with Crippen molar-refractivity contribution in [2.75, 3.05) is 13.7 Å². The van der Waals surface area contributed by atoms with E-state index in [2.05, 4.69) is 57.3 Å². The lowest BCUT2D eigenvalue weighted by molar-refractivity contribution is 0.0329. The van der Waals surface area contributed by atoms with Crippen molar-refractivity contribution >= 4 is 0 Å². The van der Waals surface area contributed by atoms with Crippen LogP contribution in [0, 0.1) is 12.8 Å². The molecule has 2 atom stereocenters. The van der Waals surface area contributed by atoms with Gasteiger partial charge >= 0.3 is 0 Å². The van der Waals surface area contributed by atoms with Gasteiger partial charge in [0.2, 0.25) is 0 Å². The lowest BCUT2D eigenvalue weighted by Gasteiger charge is -2.31. The third kappa shape index (κ3) is 3.55. The standard InChI is InChI=1S/C15H25NO/c1-6-16-14(15(17-5)11(2)3)13-10-8-7-9-12(13)4/h7-11,14-16H,6H2,1-5H3. The van der Waals surface area contributed by atoms with Gasteiger partial charge in [0.1, 0.15) is 0 Å². The van der Waals surface area contributed by atoms with Crippen molar-refractivity contribution in [3.63, 3.8) is 0 Å². The molecule has 2 heteroatoms. The van der Waals surface area contributed by atoms with E-state index in [1.807, 2.05) is 0 Å². The molecule has 2 nitrogen and oxygen atoms in total. The number of likely N-dealkylation sites (N-methyl/N-ethyl adjacent to an activating group) is 1. The summed E-state index contributed by atoms with van der Waals surface area (Å²) in [6.45, 7) is 9.66. The van der Waals surface area contributed by atoms with Crippen molar-refractivity contribution in [1.29, 1.82) is 0 Å². The van der Waals surface area contributed by atoms with E-state index in [4.69, 9.17) is 4.74 Å². The van der Waals surface area contributed by atoms with Crippen LogP contribution in [-0.2, 0) is 4.74 Å². The van der Waals surface area contributed by atoms with E-state index in [-0.39, 0.29) is 12.1 Å². The molecule has 1 aromatic carbocycles. The number of hydrogen-bond acceptors (Lipinski definition) is 2. The number of nitrogens with one attached hydrogen (secondary N) is 1. The van der Waals surface area contributed by atoms with Crippen LogP contribution in [-0.4, -0.2) is 19.8 Å². The topological polar surface area (TPSA) is 21.3 Å². The molecule has 0 saturated heterocycles. The predicted octanol–water partition coefficient (Wildman–Crippen LogP) is 3.32. The third-order valence-corrected chi connectivity index (χ3v) is 3.21. The van der Waals surface area contributed by atoms with E-state index < -0.39 is 0 Å². The second-order valence-corrected chi connectivity index (χ2v) is 4.84. The maximum atomic E-state index is 5.67. The van der Waals surface area contributed by atoms with E-state index in [0.717, 1.165) is 6.54 Å². The molecule has 0 spiro atoms. The van der Waals surface area contributed by atoms with E-state index in [1.165, 1.54) is 11.1 Å². The zero-order valence-electron chi connectivity index (χ0n) is 11.7. The molecule has 0 heterocycles. The molecule has 96 valence electrons. The van der Waals surface area contributed by atoms with Crippen LogP contribution >= 0.6 is 0 Å². The van der Waals surface area contributed by atoms with Crippen molar-refractivity contribution in [2.45, 2.75) is 39.8 Å². The lowest BCUT2D eigenvalue weighted by atomic mass is 9.91. The highest BCUT2D eigenvalue weighted by Gasteiger charge is 2.25. The number of benzene rings is 1. The monoisotopic (exact) mass is 235 g/mol. The molecule has 1 aromatic rings. The van der Waals surface area contributed by atoms with Crippen molar-refractivity contribution < 1.29 is 4.74 Å². The smallest absolute Gasteiger partial charge is 0.0788 e. The van der Waals surface area contributed by atoms with Crippen molar-refractivity contribution in [3.8, 4) is 0 Å². The van der Waals surface area contributed by atoms with Gasteiger partial charge in [-0.1, -0.05) is 45.0 Å². The number of ether oxygens (including phenoxy) is 1. The molecule has 0 aliphatic rings. The summed E-state index contributed by atoms with van der Waals surface area (Å²) in [5.41, 5.74) is 2.66. The lowest BCUT2D eigenvalue weighted by Crippen LogP contribution is -2.37. The minimum absolute atomic E-state index is 0.205. The van der Waals surface area contributed by atoms with Gasteiger partial charge in [0.05, 0.1) is 12.1 Å². The average Bonchev–Trinajstić information content (AvgIpc) is 2.29. The number of rotatable bonds is 6. The minimum atomic E-state index is 0.205. The molecular weight excluding hydrogens is 210 g/mol. The Labute approximate surface area is 105 Å². The van der Waals surface area contributed by atoms with E-state index in [9.17, 15) is 0 Å². The zero-order valence-corrected chi connectivity index (χ0v) is 11.7. The van der Waals surface area contributed by atoms with Gasteiger partial charge in [-0.3, -0.25) is 0 Å². The number of aryl methyl sites for hydroxylation is 1. The van der Waals surface area contributed by atoms with Gasteiger partial charge in [0.25, 0.3) is 0 Å². The zero-order chi connectivity index (χ0) is 12.8. The van der Waals surface area contributed by atoms with Crippen LogP contribution in [0.3, 0.4) is 0 Å². The molecule has 1 rings (SSSR count). The van der Waals surface area contributed by atoms with Gasteiger partial charge in [0.15, 0.2) is 0 Å². The Morgan fingerprint density at radius 1 is 1.24 bits per heavy atom.